The molecule has 0 fully saturated rings. The molecule has 1 aliphatic rings. The second-order valence-electron chi connectivity index (χ2n) is 7.35. The van der Waals surface area contributed by atoms with Crippen molar-refractivity contribution in [1.82, 2.24) is 15.5 Å². The Kier molecular flexibility index (Phi) is 7.77. The van der Waals surface area contributed by atoms with E-state index < -0.39 is 0 Å². The summed E-state index contributed by atoms with van der Waals surface area (Å²) >= 11 is 1.88. The summed E-state index contributed by atoms with van der Waals surface area (Å²) in [5.74, 6) is 2.28. The van der Waals surface area contributed by atoms with Crippen molar-refractivity contribution in [2.24, 2.45) is 4.99 Å². The fourth-order valence-electron chi connectivity index (χ4n) is 3.46. The van der Waals surface area contributed by atoms with E-state index in [1.165, 1.54) is 5.56 Å². The van der Waals surface area contributed by atoms with Crippen LogP contribution in [0.1, 0.15) is 24.3 Å². The fourth-order valence-corrected chi connectivity index (χ4v) is 4.35. The summed E-state index contributed by atoms with van der Waals surface area (Å²) < 4.78 is 11.3. The van der Waals surface area contributed by atoms with Crippen LogP contribution in [0.5, 0.6) is 11.5 Å². The summed E-state index contributed by atoms with van der Waals surface area (Å²) in [5, 5.41) is 9.00. The molecule has 1 aliphatic heterocycles. The topological polar surface area (TPSA) is 58.1 Å². The number of thiophene rings is 1. The SMILES string of the molecule is CN=C(NCC(C)Oc1ccccc1OC)NCC(C)N1CCc2sccc2C1. The number of ether oxygens (including phenoxy) is 2. The van der Waals surface area contributed by atoms with Gasteiger partial charge in [0, 0.05) is 37.6 Å². The molecule has 29 heavy (non-hydrogen) atoms. The van der Waals surface area contributed by atoms with Crippen LogP contribution in [-0.2, 0) is 13.0 Å². The van der Waals surface area contributed by atoms with Gasteiger partial charge in [0.2, 0.25) is 0 Å². The Bertz CT molecular complexity index is 808. The Morgan fingerprint density at radius 1 is 1.17 bits per heavy atom. The van der Waals surface area contributed by atoms with Crippen LogP contribution in [0, 0.1) is 0 Å². The average molecular weight is 417 g/mol. The molecule has 0 bridgehead atoms. The largest absolute Gasteiger partial charge is 0.493 e. The standard InChI is InChI=1S/C22H32N4O2S/c1-16(26-11-9-21-18(15-26)10-12-29-21)13-24-22(23-3)25-14-17(2)28-20-8-6-5-7-19(20)27-4/h5-8,10,12,16-17H,9,11,13-15H2,1-4H3,(H2,23,24,25). The number of benzene rings is 1. The highest BCUT2D eigenvalue weighted by Gasteiger charge is 2.21. The highest BCUT2D eigenvalue weighted by molar-refractivity contribution is 7.10. The van der Waals surface area contributed by atoms with Gasteiger partial charge in [0.15, 0.2) is 17.5 Å². The van der Waals surface area contributed by atoms with Crippen molar-refractivity contribution in [3.05, 3.63) is 46.2 Å². The van der Waals surface area contributed by atoms with E-state index >= 15 is 0 Å². The zero-order chi connectivity index (χ0) is 20.6. The van der Waals surface area contributed by atoms with Gasteiger partial charge in [0.25, 0.3) is 0 Å². The highest BCUT2D eigenvalue weighted by atomic mass is 32.1. The first kappa shape index (κ1) is 21.5. The highest BCUT2D eigenvalue weighted by Crippen LogP contribution is 2.27. The first-order chi connectivity index (χ1) is 14.1. The fraction of sp³-hybridized carbons (Fsp3) is 0.500. The van der Waals surface area contributed by atoms with Gasteiger partial charge in [-0.05, 0) is 49.4 Å². The molecule has 0 saturated heterocycles. The van der Waals surface area contributed by atoms with Gasteiger partial charge < -0.3 is 20.1 Å². The van der Waals surface area contributed by atoms with Gasteiger partial charge in [0.1, 0.15) is 6.10 Å². The molecule has 3 rings (SSSR count). The quantitative estimate of drug-likeness (QED) is 0.511. The lowest BCUT2D eigenvalue weighted by Crippen LogP contribution is -2.48. The van der Waals surface area contributed by atoms with E-state index in [0.717, 1.165) is 43.5 Å². The predicted octanol–water partition coefficient (Wildman–Crippen LogP) is 3.14. The van der Waals surface area contributed by atoms with Crippen molar-refractivity contribution in [2.45, 2.75) is 39.0 Å². The zero-order valence-corrected chi connectivity index (χ0v) is 18.6. The van der Waals surface area contributed by atoms with Gasteiger partial charge in [-0.3, -0.25) is 9.89 Å². The Morgan fingerprint density at radius 2 is 1.93 bits per heavy atom. The molecular formula is C22H32N4O2S. The smallest absolute Gasteiger partial charge is 0.191 e. The molecule has 0 amide bonds. The molecule has 6 nitrogen and oxygen atoms in total. The van der Waals surface area contributed by atoms with Crippen molar-refractivity contribution in [3.8, 4) is 11.5 Å². The number of hydrogen-bond donors (Lipinski definition) is 2. The molecule has 158 valence electrons. The van der Waals surface area contributed by atoms with Gasteiger partial charge in [0.05, 0.1) is 13.7 Å². The second-order valence-corrected chi connectivity index (χ2v) is 8.35. The summed E-state index contributed by atoms with van der Waals surface area (Å²) in [6, 6.07) is 10.4. The van der Waals surface area contributed by atoms with Crippen LogP contribution < -0.4 is 20.1 Å². The number of guanidine groups is 1. The minimum Gasteiger partial charge on any atom is -0.493 e. The lowest BCUT2D eigenvalue weighted by Gasteiger charge is -2.32. The van der Waals surface area contributed by atoms with Crippen LogP contribution in [0.25, 0.3) is 0 Å². The minimum absolute atomic E-state index is 0.0265. The van der Waals surface area contributed by atoms with Crippen LogP contribution in [0.15, 0.2) is 40.7 Å². The molecule has 2 heterocycles. The Hall–Kier alpha value is -2.25. The predicted molar refractivity (Wildman–Crippen MR) is 120 cm³/mol. The molecule has 1 aromatic carbocycles. The van der Waals surface area contributed by atoms with E-state index in [1.807, 2.05) is 42.5 Å². The molecule has 2 N–H and O–H groups in total. The summed E-state index contributed by atoms with van der Waals surface area (Å²) in [4.78, 5) is 8.42. The third-order valence-electron chi connectivity index (χ3n) is 5.20. The van der Waals surface area contributed by atoms with E-state index in [2.05, 4.69) is 38.9 Å². The van der Waals surface area contributed by atoms with Gasteiger partial charge in [-0.2, -0.15) is 0 Å². The van der Waals surface area contributed by atoms with Crippen molar-refractivity contribution in [3.63, 3.8) is 0 Å². The van der Waals surface area contributed by atoms with Gasteiger partial charge in [-0.25, -0.2) is 0 Å². The monoisotopic (exact) mass is 416 g/mol. The van der Waals surface area contributed by atoms with E-state index in [-0.39, 0.29) is 6.10 Å². The molecule has 1 aromatic heterocycles. The third-order valence-corrected chi connectivity index (χ3v) is 6.23. The first-order valence-corrected chi connectivity index (χ1v) is 11.0. The maximum absolute atomic E-state index is 6.00. The van der Waals surface area contributed by atoms with Gasteiger partial charge in [-0.15, -0.1) is 11.3 Å². The molecule has 0 radical (unpaired) electrons. The number of hydrogen-bond acceptors (Lipinski definition) is 5. The number of aliphatic imine (C=N–C) groups is 1. The zero-order valence-electron chi connectivity index (χ0n) is 17.8. The lowest BCUT2D eigenvalue weighted by atomic mass is 10.1. The lowest BCUT2D eigenvalue weighted by molar-refractivity contribution is 0.192. The number of fused-ring (bicyclic) bond motifs is 1. The summed E-state index contributed by atoms with van der Waals surface area (Å²) in [6.07, 6.45) is 1.13. The van der Waals surface area contributed by atoms with Crippen molar-refractivity contribution < 1.29 is 9.47 Å². The van der Waals surface area contributed by atoms with Gasteiger partial charge >= 0.3 is 0 Å². The second kappa shape index (κ2) is 10.5. The average Bonchev–Trinajstić information content (AvgIpc) is 3.22. The molecular weight excluding hydrogens is 384 g/mol. The number of methoxy groups -OCH3 is 1. The van der Waals surface area contributed by atoms with Crippen molar-refractivity contribution in [2.75, 3.05) is 33.8 Å². The summed E-state index contributed by atoms with van der Waals surface area (Å²) in [7, 11) is 3.45. The number of rotatable bonds is 8. The number of para-hydroxylation sites is 2. The van der Waals surface area contributed by atoms with E-state index in [1.54, 1.807) is 19.0 Å². The molecule has 0 spiro atoms. The first-order valence-electron chi connectivity index (χ1n) is 10.1. The van der Waals surface area contributed by atoms with Crippen LogP contribution in [-0.4, -0.2) is 56.8 Å². The number of nitrogens with zero attached hydrogens (tertiary/aromatic N) is 2. The van der Waals surface area contributed by atoms with E-state index in [0.29, 0.717) is 12.6 Å². The maximum atomic E-state index is 6.00. The normalized spacial score (nSPS) is 16.6. The Balaban J connectivity index is 1.42. The summed E-state index contributed by atoms with van der Waals surface area (Å²) in [5.41, 5.74) is 1.48. The van der Waals surface area contributed by atoms with Gasteiger partial charge in [-0.1, -0.05) is 12.1 Å². The van der Waals surface area contributed by atoms with Crippen LogP contribution in [0.3, 0.4) is 0 Å². The Labute approximate surface area is 177 Å². The molecule has 2 unspecified atom stereocenters. The van der Waals surface area contributed by atoms with Crippen molar-refractivity contribution >= 4 is 17.3 Å². The third kappa shape index (κ3) is 5.87. The Morgan fingerprint density at radius 3 is 2.69 bits per heavy atom. The number of nitrogens with one attached hydrogen (secondary N) is 2. The van der Waals surface area contributed by atoms with E-state index in [9.17, 15) is 0 Å². The van der Waals surface area contributed by atoms with Crippen LogP contribution in [0.4, 0.5) is 0 Å². The molecule has 7 heteroatoms. The van der Waals surface area contributed by atoms with Crippen LogP contribution >= 0.6 is 11.3 Å². The molecule has 0 saturated carbocycles. The summed E-state index contributed by atoms with van der Waals surface area (Å²) in [6.45, 7) is 7.95. The van der Waals surface area contributed by atoms with Crippen LogP contribution in [0.2, 0.25) is 0 Å². The van der Waals surface area contributed by atoms with Crippen molar-refractivity contribution in [1.29, 1.82) is 0 Å². The maximum Gasteiger partial charge on any atom is 0.191 e. The molecule has 2 aromatic rings. The minimum atomic E-state index is -0.0265. The molecule has 0 aliphatic carbocycles. The molecule has 2 atom stereocenters. The van der Waals surface area contributed by atoms with E-state index in [4.69, 9.17) is 9.47 Å².